The molecule has 0 aliphatic carbocycles. The van der Waals surface area contributed by atoms with E-state index < -0.39 is 5.97 Å². The first kappa shape index (κ1) is 13.9. The maximum absolute atomic E-state index is 11.8. The van der Waals surface area contributed by atoms with Gasteiger partial charge in [0, 0.05) is 5.56 Å². The molecule has 1 aromatic heterocycles. The average molecular weight is 274 g/mol. The Labute approximate surface area is 116 Å². The molecule has 20 heavy (non-hydrogen) atoms. The third-order valence-corrected chi connectivity index (χ3v) is 2.54. The van der Waals surface area contributed by atoms with Crippen LogP contribution in [0, 0.1) is 0 Å². The largest absolute Gasteiger partial charge is 0.494 e. The van der Waals surface area contributed by atoms with E-state index in [1.165, 1.54) is 12.3 Å². The molecule has 0 aliphatic heterocycles. The van der Waals surface area contributed by atoms with Gasteiger partial charge in [0.25, 0.3) is 0 Å². The average Bonchev–Trinajstić information content (AvgIpc) is 3.00. The van der Waals surface area contributed by atoms with Crippen LogP contribution >= 0.6 is 0 Å². The van der Waals surface area contributed by atoms with Crippen molar-refractivity contribution < 1.29 is 23.5 Å². The zero-order valence-electron chi connectivity index (χ0n) is 11.0. The van der Waals surface area contributed by atoms with E-state index in [0.29, 0.717) is 17.9 Å². The summed E-state index contributed by atoms with van der Waals surface area (Å²) in [5.74, 6) is -0.177. The summed E-state index contributed by atoms with van der Waals surface area (Å²) >= 11 is 0. The van der Waals surface area contributed by atoms with Gasteiger partial charge in [0.05, 0.1) is 12.9 Å². The lowest BCUT2D eigenvalue weighted by atomic mass is 10.1. The third-order valence-electron chi connectivity index (χ3n) is 2.54. The zero-order chi connectivity index (χ0) is 14.4. The molecule has 1 aromatic carbocycles. The van der Waals surface area contributed by atoms with Gasteiger partial charge in [-0.15, -0.1) is 0 Å². The lowest BCUT2D eigenvalue weighted by Crippen LogP contribution is -2.13. The molecule has 0 saturated carbocycles. The predicted molar refractivity (Wildman–Crippen MR) is 70.9 cm³/mol. The first-order chi connectivity index (χ1) is 9.70. The second kappa shape index (κ2) is 6.56. The molecule has 104 valence electrons. The van der Waals surface area contributed by atoms with Gasteiger partial charge in [-0.2, -0.15) is 0 Å². The van der Waals surface area contributed by atoms with Crippen LogP contribution in [0.15, 0.2) is 47.1 Å². The highest BCUT2D eigenvalue weighted by atomic mass is 16.5. The molecule has 0 spiro atoms. The third kappa shape index (κ3) is 3.47. The summed E-state index contributed by atoms with van der Waals surface area (Å²) in [6, 6.07) is 9.72. The van der Waals surface area contributed by atoms with Gasteiger partial charge in [-0.25, -0.2) is 4.79 Å². The van der Waals surface area contributed by atoms with Crippen molar-refractivity contribution in [3.8, 4) is 5.75 Å². The Morgan fingerprint density at radius 1 is 1.15 bits per heavy atom. The lowest BCUT2D eigenvalue weighted by Gasteiger charge is -2.05. The van der Waals surface area contributed by atoms with Gasteiger partial charge in [0.2, 0.25) is 5.76 Å². The molecule has 0 bridgehead atoms. The van der Waals surface area contributed by atoms with E-state index in [0.717, 1.165) is 0 Å². The zero-order valence-corrected chi connectivity index (χ0v) is 11.0. The van der Waals surface area contributed by atoms with E-state index in [9.17, 15) is 9.59 Å². The van der Waals surface area contributed by atoms with Crippen molar-refractivity contribution in [1.82, 2.24) is 0 Å². The Hall–Kier alpha value is -2.56. The summed E-state index contributed by atoms with van der Waals surface area (Å²) in [7, 11) is 0. The Morgan fingerprint density at radius 2 is 1.90 bits per heavy atom. The minimum absolute atomic E-state index is 0.0736. The number of furan rings is 1. The monoisotopic (exact) mass is 274 g/mol. The maximum atomic E-state index is 11.8. The van der Waals surface area contributed by atoms with Gasteiger partial charge < -0.3 is 13.9 Å². The molecule has 0 atom stereocenters. The van der Waals surface area contributed by atoms with Crippen molar-refractivity contribution in [2.75, 3.05) is 13.2 Å². The standard InChI is InChI=1S/C15H14O5/c1-2-18-12-7-5-11(6-8-12)13(16)10-20-15(17)14-4-3-9-19-14/h3-9H,2,10H2,1H3. The van der Waals surface area contributed by atoms with E-state index in [1.54, 1.807) is 30.3 Å². The number of esters is 1. The van der Waals surface area contributed by atoms with E-state index >= 15 is 0 Å². The van der Waals surface area contributed by atoms with Crippen LogP contribution in [0.5, 0.6) is 5.75 Å². The van der Waals surface area contributed by atoms with Crippen LogP contribution in [0.25, 0.3) is 0 Å². The van der Waals surface area contributed by atoms with Crippen LogP contribution in [0.3, 0.4) is 0 Å². The molecule has 2 rings (SSSR count). The van der Waals surface area contributed by atoms with Gasteiger partial charge in [0.1, 0.15) is 5.75 Å². The van der Waals surface area contributed by atoms with Crippen LogP contribution in [0.2, 0.25) is 0 Å². The number of benzene rings is 1. The summed E-state index contributed by atoms with van der Waals surface area (Å²) < 4.78 is 15.0. The SMILES string of the molecule is CCOc1ccc(C(=O)COC(=O)c2ccco2)cc1. The smallest absolute Gasteiger partial charge is 0.374 e. The fraction of sp³-hybridized carbons (Fsp3) is 0.200. The lowest BCUT2D eigenvalue weighted by molar-refractivity contribution is 0.0444. The number of hydrogen-bond donors (Lipinski definition) is 0. The number of rotatable bonds is 6. The molecule has 5 nitrogen and oxygen atoms in total. The Morgan fingerprint density at radius 3 is 2.50 bits per heavy atom. The fourth-order valence-corrected chi connectivity index (χ4v) is 1.58. The molecule has 0 fully saturated rings. The number of ketones is 1. The van der Waals surface area contributed by atoms with Crippen molar-refractivity contribution in [3.63, 3.8) is 0 Å². The van der Waals surface area contributed by atoms with Crippen LogP contribution in [-0.2, 0) is 4.74 Å². The summed E-state index contributed by atoms with van der Waals surface area (Å²) in [6.07, 6.45) is 1.37. The molecule has 0 N–H and O–H groups in total. The number of Topliss-reactive ketones (excluding diaryl/α,β-unsaturated/α-hetero) is 1. The number of carbonyl (C=O) groups is 2. The number of hydrogen-bond acceptors (Lipinski definition) is 5. The maximum Gasteiger partial charge on any atom is 0.374 e. The van der Waals surface area contributed by atoms with Gasteiger partial charge >= 0.3 is 5.97 Å². The van der Waals surface area contributed by atoms with Crippen LogP contribution in [0.1, 0.15) is 27.8 Å². The van der Waals surface area contributed by atoms with Gasteiger partial charge in [-0.05, 0) is 43.3 Å². The van der Waals surface area contributed by atoms with Crippen molar-refractivity contribution >= 4 is 11.8 Å². The highest BCUT2D eigenvalue weighted by Gasteiger charge is 2.13. The normalized spacial score (nSPS) is 10.1. The highest BCUT2D eigenvalue weighted by molar-refractivity contribution is 5.98. The molecule has 0 saturated heterocycles. The van der Waals surface area contributed by atoms with Gasteiger partial charge in [-0.3, -0.25) is 4.79 Å². The molecule has 0 amide bonds. The molecular weight excluding hydrogens is 260 g/mol. The first-order valence-corrected chi connectivity index (χ1v) is 6.17. The minimum atomic E-state index is -0.658. The van der Waals surface area contributed by atoms with E-state index in [4.69, 9.17) is 13.9 Å². The van der Waals surface area contributed by atoms with Gasteiger partial charge in [-0.1, -0.05) is 0 Å². The topological polar surface area (TPSA) is 65.7 Å². The minimum Gasteiger partial charge on any atom is -0.494 e. The summed E-state index contributed by atoms with van der Waals surface area (Å²) in [4.78, 5) is 23.3. The summed E-state index contributed by atoms with van der Waals surface area (Å²) in [5.41, 5.74) is 0.459. The number of carbonyl (C=O) groups excluding carboxylic acids is 2. The fourth-order valence-electron chi connectivity index (χ4n) is 1.58. The summed E-state index contributed by atoms with van der Waals surface area (Å²) in [5, 5.41) is 0. The van der Waals surface area contributed by atoms with Gasteiger partial charge in [0.15, 0.2) is 12.4 Å². The second-order valence-corrected chi connectivity index (χ2v) is 3.93. The molecular formula is C15H14O5. The molecule has 0 aliphatic rings. The van der Waals surface area contributed by atoms with Crippen molar-refractivity contribution in [3.05, 3.63) is 54.0 Å². The van der Waals surface area contributed by atoms with E-state index in [2.05, 4.69) is 0 Å². The molecule has 0 unspecified atom stereocenters. The van der Waals surface area contributed by atoms with E-state index in [-0.39, 0.29) is 18.2 Å². The van der Waals surface area contributed by atoms with Crippen molar-refractivity contribution in [2.45, 2.75) is 6.92 Å². The molecule has 5 heteroatoms. The van der Waals surface area contributed by atoms with E-state index in [1.807, 2.05) is 6.92 Å². The second-order valence-electron chi connectivity index (χ2n) is 3.93. The van der Waals surface area contributed by atoms with Crippen LogP contribution < -0.4 is 4.74 Å². The Kier molecular flexibility index (Phi) is 4.55. The molecule has 2 aromatic rings. The predicted octanol–water partition coefficient (Wildman–Crippen LogP) is 2.72. The first-order valence-electron chi connectivity index (χ1n) is 6.17. The highest BCUT2D eigenvalue weighted by Crippen LogP contribution is 2.13. The molecule has 1 heterocycles. The van der Waals surface area contributed by atoms with Crippen molar-refractivity contribution in [2.24, 2.45) is 0 Å². The van der Waals surface area contributed by atoms with Crippen LogP contribution in [0.4, 0.5) is 0 Å². The quantitative estimate of drug-likeness (QED) is 0.598. The Balaban J connectivity index is 1.90. The van der Waals surface area contributed by atoms with Crippen molar-refractivity contribution in [1.29, 1.82) is 0 Å². The van der Waals surface area contributed by atoms with Crippen LogP contribution in [-0.4, -0.2) is 25.0 Å². The Bertz CT molecular complexity index is 569. The summed E-state index contributed by atoms with van der Waals surface area (Å²) in [6.45, 7) is 2.12. The molecule has 0 radical (unpaired) electrons. The number of ether oxygens (including phenoxy) is 2.